The average Bonchev–Trinajstić information content (AvgIpc) is 3.19. The highest BCUT2D eigenvalue weighted by Gasteiger charge is 2.23. The maximum absolute atomic E-state index is 13.3. The van der Waals surface area contributed by atoms with Gasteiger partial charge in [-0.05, 0) is 48.2 Å². The first-order valence-corrected chi connectivity index (χ1v) is 11.7. The van der Waals surface area contributed by atoms with Crippen molar-refractivity contribution in [2.45, 2.75) is 12.8 Å². The molecule has 0 spiro atoms. The second-order valence-corrected chi connectivity index (χ2v) is 8.32. The third kappa shape index (κ3) is 4.74. The van der Waals surface area contributed by atoms with Crippen LogP contribution in [0.1, 0.15) is 27.9 Å². The Kier molecular flexibility index (Phi) is 6.57. The van der Waals surface area contributed by atoms with Crippen LogP contribution < -0.4 is 15.8 Å². The van der Waals surface area contributed by atoms with Crippen LogP contribution >= 0.6 is 0 Å². The van der Waals surface area contributed by atoms with E-state index in [9.17, 15) is 4.79 Å². The van der Waals surface area contributed by atoms with Gasteiger partial charge in [0.1, 0.15) is 22.6 Å². The maximum Gasteiger partial charge on any atom is 0.257 e. The number of rotatable bonds is 8. The van der Waals surface area contributed by atoms with Crippen LogP contribution in [0.2, 0.25) is 0 Å². The lowest BCUT2D eigenvalue weighted by molar-refractivity contribution is 0.0955. The number of para-hydroxylation sites is 2. The molecule has 36 heavy (non-hydrogen) atoms. The van der Waals surface area contributed by atoms with Gasteiger partial charge in [-0.25, -0.2) is 9.97 Å². The van der Waals surface area contributed by atoms with Crippen LogP contribution in [0.25, 0.3) is 22.2 Å². The van der Waals surface area contributed by atoms with E-state index in [1.165, 1.54) is 10.2 Å². The Labute approximate surface area is 208 Å². The quantitative estimate of drug-likeness (QED) is 0.254. The van der Waals surface area contributed by atoms with E-state index in [4.69, 9.17) is 20.4 Å². The Morgan fingerprint density at radius 3 is 2.56 bits per heavy atom. The van der Waals surface area contributed by atoms with Gasteiger partial charge in [0.2, 0.25) is 0 Å². The summed E-state index contributed by atoms with van der Waals surface area (Å²) in [4.78, 5) is 22.7. The number of fused-ring (bicyclic) bond motifs is 2. The minimum absolute atomic E-state index is 0.181. The predicted octanol–water partition coefficient (Wildman–Crippen LogP) is 4.42. The number of ether oxygens (including phenoxy) is 1. The maximum atomic E-state index is 13.3. The van der Waals surface area contributed by atoms with E-state index in [-0.39, 0.29) is 17.3 Å². The lowest BCUT2D eigenvalue weighted by Crippen LogP contribution is -2.25. The molecule has 2 aromatic heterocycles. The minimum atomic E-state index is -0.300. The van der Waals surface area contributed by atoms with Gasteiger partial charge in [0.05, 0.1) is 24.4 Å². The van der Waals surface area contributed by atoms with Crippen molar-refractivity contribution in [2.24, 2.45) is 5.10 Å². The number of amides is 1. The number of nitrogens with two attached hydrogens (primary N) is 1. The van der Waals surface area contributed by atoms with Gasteiger partial charge >= 0.3 is 0 Å². The lowest BCUT2D eigenvalue weighted by atomic mass is 10.1. The third-order valence-electron chi connectivity index (χ3n) is 5.89. The first-order chi connectivity index (χ1) is 17.6. The fraction of sp³-hybridized carbons (Fsp3) is 0.143. The number of anilines is 1. The number of carbonyl (C=O) groups excluding carboxylic acids is 1. The molecule has 0 saturated carbocycles. The zero-order chi connectivity index (χ0) is 24.9. The topological polar surface area (TPSA) is 107 Å². The molecule has 5 aromatic rings. The second kappa shape index (κ2) is 10.3. The van der Waals surface area contributed by atoms with Gasteiger partial charge in [-0.15, -0.1) is 0 Å². The zero-order valence-corrected chi connectivity index (χ0v) is 19.9. The highest BCUT2D eigenvalue weighted by Crippen LogP contribution is 2.28. The molecule has 2 heterocycles. The SMILES string of the molecule is COc1cccc(/C=N/n2c(N)c(C(=O)NCCCc3ccccc3)c3nc4ccccc4nc32)c1. The Hall–Kier alpha value is -4.72. The Morgan fingerprint density at radius 1 is 1.03 bits per heavy atom. The molecular formula is C28H26N6O2. The summed E-state index contributed by atoms with van der Waals surface area (Å²) >= 11 is 0. The molecule has 0 unspecified atom stereocenters. The average molecular weight is 479 g/mol. The molecule has 3 aromatic carbocycles. The summed E-state index contributed by atoms with van der Waals surface area (Å²) in [6, 6.07) is 25.1. The number of nitrogens with zero attached hydrogens (tertiary/aromatic N) is 4. The first-order valence-electron chi connectivity index (χ1n) is 11.7. The molecular weight excluding hydrogens is 452 g/mol. The number of nitrogen functional groups attached to an aromatic ring is 1. The molecule has 0 aliphatic rings. The van der Waals surface area contributed by atoms with Gasteiger partial charge < -0.3 is 15.8 Å². The van der Waals surface area contributed by atoms with Gasteiger partial charge in [-0.2, -0.15) is 9.78 Å². The van der Waals surface area contributed by atoms with Crippen molar-refractivity contribution in [2.75, 3.05) is 19.4 Å². The van der Waals surface area contributed by atoms with Crippen molar-refractivity contribution in [3.05, 3.63) is 95.6 Å². The van der Waals surface area contributed by atoms with Crippen molar-refractivity contribution in [1.29, 1.82) is 0 Å². The number of aromatic nitrogens is 3. The van der Waals surface area contributed by atoms with E-state index in [0.29, 0.717) is 34.5 Å². The smallest absolute Gasteiger partial charge is 0.257 e. The van der Waals surface area contributed by atoms with Crippen LogP contribution in [-0.4, -0.2) is 40.4 Å². The highest BCUT2D eigenvalue weighted by atomic mass is 16.5. The summed E-state index contributed by atoms with van der Waals surface area (Å²) in [5, 5.41) is 7.54. The fourth-order valence-electron chi connectivity index (χ4n) is 4.06. The van der Waals surface area contributed by atoms with E-state index < -0.39 is 0 Å². The largest absolute Gasteiger partial charge is 0.497 e. The number of aryl methyl sites for hydroxylation is 1. The number of hydrogen-bond acceptors (Lipinski definition) is 6. The van der Waals surface area contributed by atoms with Crippen LogP contribution in [0.4, 0.5) is 5.82 Å². The molecule has 0 aliphatic carbocycles. The molecule has 8 heteroatoms. The molecule has 0 aliphatic heterocycles. The van der Waals surface area contributed by atoms with Crippen molar-refractivity contribution in [3.8, 4) is 5.75 Å². The minimum Gasteiger partial charge on any atom is -0.497 e. The van der Waals surface area contributed by atoms with E-state index in [2.05, 4.69) is 22.6 Å². The summed E-state index contributed by atoms with van der Waals surface area (Å²) in [6.45, 7) is 0.508. The van der Waals surface area contributed by atoms with E-state index in [1.54, 1.807) is 13.3 Å². The van der Waals surface area contributed by atoms with Crippen molar-refractivity contribution >= 4 is 40.1 Å². The van der Waals surface area contributed by atoms with Crippen LogP contribution in [0.5, 0.6) is 5.75 Å². The third-order valence-corrected chi connectivity index (χ3v) is 5.89. The van der Waals surface area contributed by atoms with Gasteiger partial charge in [-0.3, -0.25) is 4.79 Å². The van der Waals surface area contributed by atoms with Crippen LogP contribution in [0.3, 0.4) is 0 Å². The number of methoxy groups -OCH3 is 1. The number of benzene rings is 3. The molecule has 5 rings (SSSR count). The Balaban J connectivity index is 1.47. The zero-order valence-electron chi connectivity index (χ0n) is 19.9. The summed E-state index contributed by atoms with van der Waals surface area (Å²) in [6.07, 6.45) is 3.32. The molecule has 8 nitrogen and oxygen atoms in total. The van der Waals surface area contributed by atoms with Gasteiger partial charge in [0.25, 0.3) is 5.91 Å². The summed E-state index contributed by atoms with van der Waals surface area (Å²) < 4.78 is 6.76. The van der Waals surface area contributed by atoms with Crippen molar-refractivity contribution in [1.82, 2.24) is 20.0 Å². The normalized spacial score (nSPS) is 11.4. The Bertz CT molecular complexity index is 1560. The van der Waals surface area contributed by atoms with Gasteiger partial charge in [0.15, 0.2) is 5.65 Å². The summed E-state index contributed by atoms with van der Waals surface area (Å²) in [5.41, 5.74) is 11.0. The van der Waals surface area contributed by atoms with Gasteiger partial charge in [0, 0.05) is 6.54 Å². The van der Waals surface area contributed by atoms with Gasteiger partial charge in [-0.1, -0.05) is 54.6 Å². The second-order valence-electron chi connectivity index (χ2n) is 8.32. The number of nitrogens with one attached hydrogen (secondary N) is 1. The van der Waals surface area contributed by atoms with E-state index in [0.717, 1.165) is 18.4 Å². The number of carbonyl (C=O) groups is 1. The molecule has 0 fully saturated rings. The number of hydrogen-bond donors (Lipinski definition) is 2. The first kappa shape index (κ1) is 23.0. The molecule has 1 amide bonds. The van der Waals surface area contributed by atoms with Crippen LogP contribution in [0.15, 0.2) is 84.0 Å². The molecule has 0 saturated heterocycles. The van der Waals surface area contributed by atoms with Crippen LogP contribution in [-0.2, 0) is 6.42 Å². The lowest BCUT2D eigenvalue weighted by Gasteiger charge is -2.06. The Morgan fingerprint density at radius 2 is 1.78 bits per heavy atom. The van der Waals surface area contributed by atoms with E-state index in [1.807, 2.05) is 66.7 Å². The summed E-state index contributed by atoms with van der Waals surface area (Å²) in [5.74, 6) is 0.594. The molecule has 0 radical (unpaired) electrons. The molecule has 3 N–H and O–H groups in total. The highest BCUT2D eigenvalue weighted by molar-refractivity contribution is 6.10. The molecule has 0 bridgehead atoms. The molecule has 180 valence electrons. The van der Waals surface area contributed by atoms with E-state index >= 15 is 0 Å². The molecule has 0 atom stereocenters. The predicted molar refractivity (Wildman–Crippen MR) is 143 cm³/mol. The monoisotopic (exact) mass is 478 g/mol. The van der Waals surface area contributed by atoms with Crippen molar-refractivity contribution < 1.29 is 9.53 Å². The fourth-order valence-corrected chi connectivity index (χ4v) is 4.06. The van der Waals surface area contributed by atoms with Crippen LogP contribution in [0, 0.1) is 0 Å². The summed E-state index contributed by atoms with van der Waals surface area (Å²) in [7, 11) is 1.61. The standard InChI is InChI=1S/C28H26N6O2/c1-36-21-13-7-11-20(17-21)18-31-34-26(29)24(25-27(34)33-23-15-6-5-14-22(23)32-25)28(35)30-16-8-12-19-9-3-2-4-10-19/h2-7,9-11,13-15,17-18H,8,12,16,29H2,1H3,(H,30,35)/b31-18+. The van der Waals surface area contributed by atoms with Crippen molar-refractivity contribution in [3.63, 3.8) is 0 Å².